The van der Waals surface area contributed by atoms with Crippen molar-refractivity contribution in [2.45, 2.75) is 38.3 Å². The van der Waals surface area contributed by atoms with Crippen LogP contribution in [0.4, 0.5) is 0 Å². The highest BCUT2D eigenvalue weighted by molar-refractivity contribution is 5.87. The van der Waals surface area contributed by atoms with Gasteiger partial charge in [-0.2, -0.15) is 0 Å². The number of piperidine rings is 1. The quantitative estimate of drug-likeness (QED) is 0.843. The SMILES string of the molecule is COC(=O)CC1CCCCN1Cc1ccc(C(=O)O)cc1. The average molecular weight is 291 g/mol. The number of aromatic carboxylic acids is 1. The van der Waals surface area contributed by atoms with Crippen molar-refractivity contribution >= 4 is 11.9 Å². The molecule has 21 heavy (non-hydrogen) atoms. The summed E-state index contributed by atoms with van der Waals surface area (Å²) in [7, 11) is 1.42. The van der Waals surface area contributed by atoms with Gasteiger partial charge in [0.25, 0.3) is 0 Å². The molecule has 0 amide bonds. The monoisotopic (exact) mass is 291 g/mol. The molecule has 0 aliphatic carbocycles. The first-order chi connectivity index (χ1) is 10.1. The number of rotatable bonds is 5. The van der Waals surface area contributed by atoms with Gasteiger partial charge in [-0.3, -0.25) is 9.69 Å². The number of hydrogen-bond donors (Lipinski definition) is 1. The van der Waals surface area contributed by atoms with Crippen LogP contribution in [0, 0.1) is 0 Å². The minimum atomic E-state index is -0.914. The Hall–Kier alpha value is -1.88. The Morgan fingerprint density at radius 2 is 2.00 bits per heavy atom. The largest absolute Gasteiger partial charge is 0.478 e. The van der Waals surface area contributed by atoms with Crippen molar-refractivity contribution in [1.29, 1.82) is 0 Å². The zero-order chi connectivity index (χ0) is 15.2. The minimum absolute atomic E-state index is 0.173. The molecular weight excluding hydrogens is 270 g/mol. The molecule has 0 bridgehead atoms. The molecule has 1 aromatic carbocycles. The molecule has 114 valence electrons. The summed E-state index contributed by atoms with van der Waals surface area (Å²) in [5.41, 5.74) is 1.36. The molecule has 1 aliphatic heterocycles. The van der Waals surface area contributed by atoms with E-state index in [1.165, 1.54) is 7.11 Å². The standard InChI is InChI=1S/C16H21NO4/c1-21-15(18)10-14-4-2-3-9-17(14)11-12-5-7-13(8-6-12)16(19)20/h5-8,14H,2-4,9-11H2,1H3,(H,19,20). The molecule has 1 fully saturated rings. The lowest BCUT2D eigenvalue weighted by Crippen LogP contribution is -2.40. The van der Waals surface area contributed by atoms with E-state index in [0.717, 1.165) is 37.9 Å². The highest BCUT2D eigenvalue weighted by Gasteiger charge is 2.25. The fraction of sp³-hybridized carbons (Fsp3) is 0.500. The Balaban J connectivity index is 2.01. The van der Waals surface area contributed by atoms with Crippen molar-refractivity contribution in [2.75, 3.05) is 13.7 Å². The number of benzene rings is 1. The Bertz CT molecular complexity index is 498. The second kappa shape index (κ2) is 7.22. The summed E-state index contributed by atoms with van der Waals surface area (Å²) in [6, 6.07) is 7.14. The predicted molar refractivity (Wildman–Crippen MR) is 78.1 cm³/mol. The van der Waals surface area contributed by atoms with Crippen molar-refractivity contribution < 1.29 is 19.4 Å². The summed E-state index contributed by atoms with van der Waals surface area (Å²) < 4.78 is 4.76. The van der Waals surface area contributed by atoms with E-state index in [9.17, 15) is 9.59 Å². The van der Waals surface area contributed by atoms with E-state index in [-0.39, 0.29) is 12.0 Å². The summed E-state index contributed by atoms with van der Waals surface area (Å²) in [6.45, 7) is 1.70. The van der Waals surface area contributed by atoms with E-state index in [2.05, 4.69) is 4.90 Å². The lowest BCUT2D eigenvalue weighted by atomic mass is 9.98. The van der Waals surface area contributed by atoms with Gasteiger partial charge in [0.1, 0.15) is 0 Å². The number of carbonyl (C=O) groups excluding carboxylic acids is 1. The van der Waals surface area contributed by atoms with Crippen LogP contribution in [-0.2, 0) is 16.1 Å². The second-order valence-corrected chi connectivity index (χ2v) is 5.40. The normalized spacial score (nSPS) is 19.2. The van der Waals surface area contributed by atoms with Crippen molar-refractivity contribution in [3.63, 3.8) is 0 Å². The fourth-order valence-electron chi connectivity index (χ4n) is 2.76. The summed E-state index contributed by atoms with van der Waals surface area (Å²) in [6.07, 6.45) is 3.69. The number of esters is 1. The maximum absolute atomic E-state index is 11.5. The van der Waals surface area contributed by atoms with Gasteiger partial charge in [0.2, 0.25) is 0 Å². The van der Waals surface area contributed by atoms with Crippen LogP contribution in [0.5, 0.6) is 0 Å². The molecule has 1 aromatic rings. The molecule has 2 rings (SSSR count). The van der Waals surface area contributed by atoms with E-state index >= 15 is 0 Å². The summed E-state index contributed by atoms with van der Waals surface area (Å²) in [4.78, 5) is 24.6. The first-order valence-electron chi connectivity index (χ1n) is 7.23. The van der Waals surface area contributed by atoms with Crippen LogP contribution in [0.3, 0.4) is 0 Å². The zero-order valence-electron chi connectivity index (χ0n) is 12.2. The third-order valence-electron chi connectivity index (χ3n) is 3.97. The van der Waals surface area contributed by atoms with E-state index in [0.29, 0.717) is 12.0 Å². The summed E-state index contributed by atoms with van der Waals surface area (Å²) in [5, 5.41) is 8.90. The lowest BCUT2D eigenvalue weighted by Gasteiger charge is -2.35. The van der Waals surface area contributed by atoms with E-state index in [1.807, 2.05) is 12.1 Å². The molecule has 0 spiro atoms. The number of carboxylic acid groups (broad SMARTS) is 1. The highest BCUT2D eigenvalue weighted by Crippen LogP contribution is 2.22. The maximum Gasteiger partial charge on any atom is 0.335 e. The van der Waals surface area contributed by atoms with E-state index < -0.39 is 5.97 Å². The molecule has 1 atom stereocenters. The maximum atomic E-state index is 11.5. The van der Waals surface area contributed by atoms with Crippen molar-refractivity contribution in [1.82, 2.24) is 4.90 Å². The van der Waals surface area contributed by atoms with Crippen LogP contribution in [0.15, 0.2) is 24.3 Å². The molecule has 1 heterocycles. The molecular formula is C16H21NO4. The van der Waals surface area contributed by atoms with E-state index in [1.54, 1.807) is 12.1 Å². The molecule has 5 heteroatoms. The lowest BCUT2D eigenvalue weighted by molar-refractivity contribution is -0.142. The zero-order valence-corrected chi connectivity index (χ0v) is 12.2. The van der Waals surface area contributed by atoms with E-state index in [4.69, 9.17) is 9.84 Å². The van der Waals surface area contributed by atoms with Gasteiger partial charge in [0, 0.05) is 12.6 Å². The van der Waals surface area contributed by atoms with Gasteiger partial charge in [-0.1, -0.05) is 18.6 Å². The van der Waals surface area contributed by atoms with Gasteiger partial charge >= 0.3 is 11.9 Å². The Labute approximate surface area is 124 Å². The van der Waals surface area contributed by atoms with Crippen molar-refractivity contribution in [3.05, 3.63) is 35.4 Å². The molecule has 1 aliphatic rings. The third-order valence-corrected chi connectivity index (χ3v) is 3.97. The van der Waals surface area contributed by atoms with Crippen LogP contribution in [0.25, 0.3) is 0 Å². The first kappa shape index (κ1) is 15.5. The number of nitrogens with zero attached hydrogens (tertiary/aromatic N) is 1. The van der Waals surface area contributed by atoms with Crippen LogP contribution in [0.1, 0.15) is 41.6 Å². The number of carbonyl (C=O) groups is 2. The average Bonchev–Trinajstić information content (AvgIpc) is 2.49. The predicted octanol–water partition coefficient (Wildman–Crippen LogP) is 2.30. The summed E-state index contributed by atoms with van der Waals surface area (Å²) in [5.74, 6) is -1.09. The van der Waals surface area contributed by atoms with Gasteiger partial charge in [0.15, 0.2) is 0 Å². The number of likely N-dealkylation sites (tertiary alicyclic amines) is 1. The highest BCUT2D eigenvalue weighted by atomic mass is 16.5. The number of hydrogen-bond acceptors (Lipinski definition) is 4. The second-order valence-electron chi connectivity index (χ2n) is 5.40. The molecule has 1 unspecified atom stereocenters. The Morgan fingerprint density at radius 1 is 1.29 bits per heavy atom. The van der Waals surface area contributed by atoms with Gasteiger partial charge in [0.05, 0.1) is 19.1 Å². The van der Waals surface area contributed by atoms with Gasteiger partial charge in [-0.05, 0) is 37.1 Å². The van der Waals surface area contributed by atoms with Crippen molar-refractivity contribution in [2.24, 2.45) is 0 Å². The topological polar surface area (TPSA) is 66.8 Å². The molecule has 1 N–H and O–H groups in total. The Kier molecular flexibility index (Phi) is 5.33. The van der Waals surface area contributed by atoms with Crippen LogP contribution < -0.4 is 0 Å². The van der Waals surface area contributed by atoms with Gasteiger partial charge < -0.3 is 9.84 Å². The van der Waals surface area contributed by atoms with Gasteiger partial charge in [-0.25, -0.2) is 4.79 Å². The summed E-state index contributed by atoms with van der Waals surface area (Å²) >= 11 is 0. The molecule has 0 aromatic heterocycles. The molecule has 1 saturated heterocycles. The first-order valence-corrected chi connectivity index (χ1v) is 7.23. The number of carboxylic acids is 1. The van der Waals surface area contributed by atoms with Crippen LogP contribution >= 0.6 is 0 Å². The van der Waals surface area contributed by atoms with Gasteiger partial charge in [-0.15, -0.1) is 0 Å². The molecule has 0 saturated carbocycles. The smallest absolute Gasteiger partial charge is 0.335 e. The Morgan fingerprint density at radius 3 is 2.62 bits per heavy atom. The van der Waals surface area contributed by atoms with Crippen LogP contribution in [0.2, 0.25) is 0 Å². The number of methoxy groups -OCH3 is 1. The molecule has 5 nitrogen and oxygen atoms in total. The molecule has 0 radical (unpaired) electrons. The minimum Gasteiger partial charge on any atom is -0.478 e. The fourth-order valence-corrected chi connectivity index (χ4v) is 2.76. The third kappa shape index (κ3) is 4.29. The number of ether oxygens (including phenoxy) is 1. The van der Waals surface area contributed by atoms with Crippen molar-refractivity contribution in [3.8, 4) is 0 Å². The van der Waals surface area contributed by atoms with Crippen LogP contribution in [-0.4, -0.2) is 41.6 Å².